The highest BCUT2D eigenvalue weighted by Gasteiger charge is 2.23. The number of nitrogens with zero attached hydrogens (tertiary/aromatic N) is 2. The van der Waals surface area contributed by atoms with Gasteiger partial charge in [0.15, 0.2) is 4.21 Å². The second-order valence-corrected chi connectivity index (χ2v) is 7.09. The Morgan fingerprint density at radius 2 is 2.22 bits per heavy atom. The Balaban J connectivity index is 2.66. The maximum atomic E-state index is 12.1. The molecule has 0 atom stereocenters. The van der Waals surface area contributed by atoms with Crippen LogP contribution in [0.25, 0.3) is 0 Å². The van der Waals surface area contributed by atoms with Crippen molar-refractivity contribution in [3.05, 3.63) is 11.2 Å². The van der Waals surface area contributed by atoms with E-state index in [0.29, 0.717) is 11.6 Å². The molecular formula is C10H16N2O4S2. The first-order chi connectivity index (χ1) is 8.37. The minimum Gasteiger partial charge on any atom is -0.466 e. The van der Waals surface area contributed by atoms with Gasteiger partial charge in [-0.1, -0.05) is 0 Å². The van der Waals surface area contributed by atoms with E-state index < -0.39 is 16.0 Å². The number of sulfonamides is 1. The van der Waals surface area contributed by atoms with Gasteiger partial charge in [0.05, 0.1) is 24.2 Å². The highest BCUT2D eigenvalue weighted by Crippen LogP contribution is 2.21. The van der Waals surface area contributed by atoms with Crippen LogP contribution in [0.3, 0.4) is 0 Å². The summed E-state index contributed by atoms with van der Waals surface area (Å²) < 4.78 is 30.2. The van der Waals surface area contributed by atoms with Gasteiger partial charge in [-0.25, -0.2) is 13.4 Å². The van der Waals surface area contributed by atoms with E-state index in [1.54, 1.807) is 13.8 Å². The van der Waals surface area contributed by atoms with E-state index in [0.717, 1.165) is 15.6 Å². The van der Waals surface area contributed by atoms with Crippen LogP contribution in [0.15, 0.2) is 10.4 Å². The van der Waals surface area contributed by atoms with Gasteiger partial charge in [-0.3, -0.25) is 4.79 Å². The smallest absolute Gasteiger partial charge is 0.307 e. The van der Waals surface area contributed by atoms with Gasteiger partial charge in [0, 0.05) is 13.6 Å². The molecule has 18 heavy (non-hydrogen) atoms. The monoisotopic (exact) mass is 292 g/mol. The standard InChI is InChI=1S/C10H16N2O4S2/c1-4-16-9(13)5-6-12(3)18(14,15)10-7-11-8(2)17-10/h7H,4-6H2,1-3H3. The minimum absolute atomic E-state index is 0.0430. The average Bonchev–Trinajstić information content (AvgIpc) is 2.73. The summed E-state index contributed by atoms with van der Waals surface area (Å²) >= 11 is 1.11. The predicted molar refractivity (Wildman–Crippen MR) is 67.9 cm³/mol. The molecule has 0 saturated carbocycles. The Hall–Kier alpha value is -0.990. The second kappa shape index (κ2) is 6.26. The van der Waals surface area contributed by atoms with Crippen LogP contribution in [0.2, 0.25) is 0 Å². The van der Waals surface area contributed by atoms with Crippen LogP contribution in [0, 0.1) is 6.92 Å². The average molecular weight is 292 g/mol. The first-order valence-electron chi connectivity index (χ1n) is 5.42. The van der Waals surface area contributed by atoms with Crippen molar-refractivity contribution in [3.8, 4) is 0 Å². The Kier molecular flexibility index (Phi) is 5.24. The molecule has 0 saturated heterocycles. The van der Waals surface area contributed by atoms with E-state index in [-0.39, 0.29) is 17.2 Å². The van der Waals surface area contributed by atoms with Crippen LogP contribution < -0.4 is 0 Å². The van der Waals surface area contributed by atoms with Crippen molar-refractivity contribution in [1.82, 2.24) is 9.29 Å². The summed E-state index contributed by atoms with van der Waals surface area (Å²) in [4.78, 5) is 15.1. The molecule has 0 unspecified atom stereocenters. The lowest BCUT2D eigenvalue weighted by atomic mass is 10.4. The molecular weight excluding hydrogens is 276 g/mol. The van der Waals surface area contributed by atoms with Crippen molar-refractivity contribution in [2.75, 3.05) is 20.2 Å². The number of aromatic nitrogens is 1. The Morgan fingerprint density at radius 1 is 1.56 bits per heavy atom. The maximum absolute atomic E-state index is 12.1. The zero-order chi connectivity index (χ0) is 13.8. The zero-order valence-corrected chi connectivity index (χ0v) is 12.2. The number of ether oxygens (including phenoxy) is 1. The van der Waals surface area contributed by atoms with Gasteiger partial charge in [0.1, 0.15) is 0 Å². The van der Waals surface area contributed by atoms with Crippen LogP contribution in [0.5, 0.6) is 0 Å². The van der Waals surface area contributed by atoms with Crippen LogP contribution in [-0.2, 0) is 19.6 Å². The van der Waals surface area contributed by atoms with Crippen molar-refractivity contribution < 1.29 is 17.9 Å². The predicted octanol–water partition coefficient (Wildman–Crippen LogP) is 1.03. The SMILES string of the molecule is CCOC(=O)CCN(C)S(=O)(=O)c1cnc(C)s1. The quantitative estimate of drug-likeness (QED) is 0.732. The highest BCUT2D eigenvalue weighted by atomic mass is 32.2. The third-order valence-corrected chi connectivity index (χ3v) is 5.41. The molecule has 0 radical (unpaired) electrons. The molecule has 0 N–H and O–H groups in total. The van der Waals surface area contributed by atoms with Crippen molar-refractivity contribution in [1.29, 1.82) is 0 Å². The van der Waals surface area contributed by atoms with Crippen molar-refractivity contribution >= 4 is 27.3 Å². The van der Waals surface area contributed by atoms with Crippen molar-refractivity contribution in [2.24, 2.45) is 0 Å². The molecule has 1 aromatic rings. The van der Waals surface area contributed by atoms with E-state index in [4.69, 9.17) is 4.74 Å². The van der Waals surface area contributed by atoms with E-state index >= 15 is 0 Å². The second-order valence-electron chi connectivity index (χ2n) is 3.58. The van der Waals surface area contributed by atoms with Gasteiger partial charge in [0.25, 0.3) is 10.0 Å². The molecule has 0 amide bonds. The molecule has 0 aliphatic carbocycles. The third-order valence-electron chi connectivity index (χ3n) is 2.20. The molecule has 0 aliphatic heterocycles. The normalized spacial score (nSPS) is 11.8. The lowest BCUT2D eigenvalue weighted by Crippen LogP contribution is -2.29. The van der Waals surface area contributed by atoms with Gasteiger partial charge in [-0.2, -0.15) is 4.31 Å². The van der Waals surface area contributed by atoms with E-state index in [1.807, 2.05) is 0 Å². The molecule has 0 spiro atoms. The summed E-state index contributed by atoms with van der Waals surface area (Å²) in [6.07, 6.45) is 1.37. The first kappa shape index (κ1) is 15.1. The Labute approximate surface area is 111 Å². The highest BCUT2D eigenvalue weighted by molar-refractivity contribution is 7.91. The number of hydrogen-bond acceptors (Lipinski definition) is 6. The van der Waals surface area contributed by atoms with Crippen molar-refractivity contribution in [3.63, 3.8) is 0 Å². The number of rotatable bonds is 6. The van der Waals surface area contributed by atoms with Crippen LogP contribution in [-0.4, -0.2) is 43.9 Å². The maximum Gasteiger partial charge on any atom is 0.307 e. The van der Waals surface area contributed by atoms with Crippen LogP contribution in [0.4, 0.5) is 0 Å². The van der Waals surface area contributed by atoms with Gasteiger partial charge in [0.2, 0.25) is 0 Å². The van der Waals surface area contributed by atoms with E-state index in [9.17, 15) is 13.2 Å². The molecule has 6 nitrogen and oxygen atoms in total. The number of aryl methyl sites for hydroxylation is 1. The molecule has 0 fully saturated rings. The van der Waals surface area contributed by atoms with E-state index in [2.05, 4.69) is 4.98 Å². The largest absolute Gasteiger partial charge is 0.466 e. The summed E-state index contributed by atoms with van der Waals surface area (Å²) in [5, 5.41) is 0.687. The molecule has 8 heteroatoms. The first-order valence-corrected chi connectivity index (χ1v) is 7.68. The van der Waals surface area contributed by atoms with Gasteiger partial charge in [-0.15, -0.1) is 11.3 Å². The topological polar surface area (TPSA) is 76.6 Å². The van der Waals surface area contributed by atoms with E-state index in [1.165, 1.54) is 13.2 Å². The van der Waals surface area contributed by atoms with Crippen LogP contribution >= 0.6 is 11.3 Å². The summed E-state index contributed by atoms with van der Waals surface area (Å²) in [6.45, 7) is 3.84. The Morgan fingerprint density at radius 3 is 2.72 bits per heavy atom. The summed E-state index contributed by atoms with van der Waals surface area (Å²) in [6, 6.07) is 0. The zero-order valence-electron chi connectivity index (χ0n) is 10.5. The van der Waals surface area contributed by atoms with Gasteiger partial charge < -0.3 is 4.74 Å². The van der Waals surface area contributed by atoms with Crippen molar-refractivity contribution in [2.45, 2.75) is 24.5 Å². The fourth-order valence-corrected chi connectivity index (χ4v) is 3.71. The lowest BCUT2D eigenvalue weighted by Gasteiger charge is -2.14. The number of carbonyl (C=O) groups is 1. The number of hydrogen-bond donors (Lipinski definition) is 0. The third kappa shape index (κ3) is 3.76. The fourth-order valence-electron chi connectivity index (χ4n) is 1.22. The molecule has 0 bridgehead atoms. The number of carbonyl (C=O) groups excluding carboxylic acids is 1. The molecule has 102 valence electrons. The fraction of sp³-hybridized carbons (Fsp3) is 0.600. The number of esters is 1. The lowest BCUT2D eigenvalue weighted by molar-refractivity contribution is -0.143. The summed E-state index contributed by atoms with van der Waals surface area (Å²) in [5.41, 5.74) is 0. The van der Waals surface area contributed by atoms with Gasteiger partial charge in [-0.05, 0) is 13.8 Å². The molecule has 0 aliphatic rings. The summed E-state index contributed by atoms with van der Waals surface area (Å²) in [5.74, 6) is -0.403. The minimum atomic E-state index is -3.55. The molecule has 1 rings (SSSR count). The molecule has 0 aromatic carbocycles. The summed E-state index contributed by atoms with van der Waals surface area (Å²) in [7, 11) is -2.11. The Bertz CT molecular complexity index is 510. The van der Waals surface area contributed by atoms with Crippen LogP contribution in [0.1, 0.15) is 18.4 Å². The molecule has 1 aromatic heterocycles. The number of thiazole rings is 1. The van der Waals surface area contributed by atoms with Gasteiger partial charge >= 0.3 is 5.97 Å². The molecule has 1 heterocycles.